The molecule has 0 radical (unpaired) electrons. The molecule has 0 bridgehead atoms. The van der Waals surface area contributed by atoms with Gasteiger partial charge in [0.2, 0.25) is 0 Å². The quantitative estimate of drug-likeness (QED) is 0.0906. The van der Waals surface area contributed by atoms with Crippen molar-refractivity contribution < 1.29 is 4.48 Å². The Morgan fingerprint density at radius 3 is 1.09 bits per heavy atom. The third-order valence-electron chi connectivity index (χ3n) is 9.96. The van der Waals surface area contributed by atoms with Crippen LogP contribution in [0.15, 0.2) is 109 Å². The first-order valence-corrected chi connectivity index (χ1v) is 17.7. The maximum absolute atomic E-state index is 2.33. The van der Waals surface area contributed by atoms with Crippen molar-refractivity contribution in [3.8, 4) is 0 Å². The standard InChI is InChI=1S/C26H24B.C16H36N/c1-21-13-12-20-26(22(21)2)27(23-14-6-3-7-15-23,24-16-8-4-9-17-24)25-18-10-5-11-19-25;1-5-9-13-17(14-10-6-2,15-11-7-3)16-12-8-4/h3-20H,1-2H3;5-16H2,1-4H3/q-1;+1. The van der Waals surface area contributed by atoms with Gasteiger partial charge in [-0.25, -0.2) is 0 Å². The van der Waals surface area contributed by atoms with Crippen LogP contribution < -0.4 is 21.9 Å². The fourth-order valence-electron chi connectivity index (χ4n) is 7.23. The van der Waals surface area contributed by atoms with Gasteiger partial charge in [-0.05, 0) is 39.5 Å². The second-order valence-corrected chi connectivity index (χ2v) is 13.0. The summed E-state index contributed by atoms with van der Waals surface area (Å²) in [7, 11) is 0. The van der Waals surface area contributed by atoms with Crippen LogP contribution in [0.2, 0.25) is 0 Å². The second-order valence-electron chi connectivity index (χ2n) is 13.0. The summed E-state index contributed by atoms with van der Waals surface area (Å²) in [4.78, 5) is 0. The van der Waals surface area contributed by atoms with Gasteiger partial charge in [0.25, 0.3) is 0 Å². The minimum atomic E-state index is -1.26. The molecule has 0 aliphatic carbocycles. The Balaban J connectivity index is 0.000000271. The van der Waals surface area contributed by atoms with Gasteiger partial charge in [-0.3, -0.25) is 0 Å². The number of benzene rings is 4. The van der Waals surface area contributed by atoms with Crippen molar-refractivity contribution in [1.82, 2.24) is 0 Å². The summed E-state index contributed by atoms with van der Waals surface area (Å²) in [5, 5.41) is 0. The highest BCUT2D eigenvalue weighted by molar-refractivity contribution is 7.20. The molecule has 0 amide bonds. The highest BCUT2D eigenvalue weighted by atomic mass is 15.3. The average Bonchev–Trinajstić information content (AvgIpc) is 3.08. The fraction of sp³-hybridized carbons (Fsp3) is 0.429. The summed E-state index contributed by atoms with van der Waals surface area (Å²) < 4.78 is 1.42. The zero-order valence-electron chi connectivity index (χ0n) is 28.9. The van der Waals surface area contributed by atoms with E-state index in [-0.39, 0.29) is 0 Å². The molecule has 0 unspecified atom stereocenters. The summed E-state index contributed by atoms with van der Waals surface area (Å²) in [6.07, 6.45) is 9.80. The lowest BCUT2D eigenvalue weighted by Crippen LogP contribution is -2.75. The summed E-state index contributed by atoms with van der Waals surface area (Å²) in [5.41, 5.74) is 8.16. The minimum absolute atomic E-state index is 1.26. The van der Waals surface area contributed by atoms with E-state index in [1.807, 2.05) is 0 Å². The van der Waals surface area contributed by atoms with Gasteiger partial charge in [0, 0.05) is 0 Å². The van der Waals surface area contributed by atoms with Gasteiger partial charge in [-0.2, -0.15) is 21.9 Å². The lowest BCUT2D eigenvalue weighted by molar-refractivity contribution is -0.929. The zero-order chi connectivity index (χ0) is 31.7. The first kappa shape index (κ1) is 35.4. The largest absolute Gasteiger partial charge is 0.324 e. The van der Waals surface area contributed by atoms with Gasteiger partial charge in [-0.1, -0.05) is 174 Å². The topological polar surface area (TPSA) is 0 Å². The van der Waals surface area contributed by atoms with E-state index in [4.69, 9.17) is 0 Å². The number of quaternary nitrogens is 1. The van der Waals surface area contributed by atoms with Gasteiger partial charge < -0.3 is 4.48 Å². The molecular weight excluding hydrogens is 529 g/mol. The molecule has 0 fully saturated rings. The van der Waals surface area contributed by atoms with Crippen LogP contribution in [-0.4, -0.2) is 36.8 Å². The number of rotatable bonds is 16. The van der Waals surface area contributed by atoms with Crippen LogP contribution in [0.4, 0.5) is 0 Å². The van der Waals surface area contributed by atoms with Crippen LogP contribution in [0.25, 0.3) is 0 Å². The zero-order valence-corrected chi connectivity index (χ0v) is 28.9. The van der Waals surface area contributed by atoms with Crippen LogP contribution >= 0.6 is 0 Å². The lowest BCUT2D eigenvalue weighted by atomic mass is 9.12. The molecule has 0 saturated carbocycles. The predicted octanol–water partition coefficient (Wildman–Crippen LogP) is 8.68. The van der Waals surface area contributed by atoms with Crippen LogP contribution in [0.3, 0.4) is 0 Å². The van der Waals surface area contributed by atoms with Crippen molar-refractivity contribution in [3.05, 3.63) is 120 Å². The first-order valence-electron chi connectivity index (χ1n) is 17.7. The lowest BCUT2D eigenvalue weighted by Gasteiger charge is -2.45. The Kier molecular flexibility index (Phi) is 15.0. The third-order valence-corrected chi connectivity index (χ3v) is 9.96. The van der Waals surface area contributed by atoms with E-state index >= 15 is 0 Å². The summed E-state index contributed by atoms with van der Waals surface area (Å²) in [6, 6.07) is 39.6. The van der Waals surface area contributed by atoms with Crippen LogP contribution in [-0.2, 0) is 0 Å². The minimum Gasteiger partial charge on any atom is -0.324 e. The van der Waals surface area contributed by atoms with Gasteiger partial charge in [0.15, 0.2) is 0 Å². The summed E-state index contributed by atoms with van der Waals surface area (Å²) in [5.74, 6) is 0. The summed E-state index contributed by atoms with van der Waals surface area (Å²) in [6.45, 7) is 19.5. The molecule has 0 aromatic heterocycles. The van der Waals surface area contributed by atoms with Crippen molar-refractivity contribution in [3.63, 3.8) is 0 Å². The predicted molar refractivity (Wildman–Crippen MR) is 199 cm³/mol. The molecule has 0 N–H and O–H groups in total. The second kappa shape index (κ2) is 18.7. The normalized spacial score (nSPS) is 11.6. The van der Waals surface area contributed by atoms with Crippen molar-refractivity contribution in [1.29, 1.82) is 0 Å². The van der Waals surface area contributed by atoms with E-state index in [0.717, 1.165) is 0 Å². The van der Waals surface area contributed by atoms with E-state index in [1.165, 1.54) is 115 Å². The molecule has 0 heterocycles. The monoisotopic (exact) mass is 589 g/mol. The Labute approximate surface area is 271 Å². The molecule has 0 spiro atoms. The number of unbranched alkanes of at least 4 members (excludes halogenated alkanes) is 4. The van der Waals surface area contributed by atoms with Gasteiger partial charge in [0.05, 0.1) is 26.2 Å². The molecular formula is C42H60BN. The molecule has 4 aromatic rings. The highest BCUT2D eigenvalue weighted by Crippen LogP contribution is 2.17. The Morgan fingerprint density at radius 1 is 0.432 bits per heavy atom. The number of nitrogens with zero attached hydrogens (tertiary/aromatic N) is 1. The first-order chi connectivity index (χ1) is 21.5. The van der Waals surface area contributed by atoms with E-state index in [2.05, 4.69) is 151 Å². The molecule has 0 aliphatic rings. The molecule has 236 valence electrons. The van der Waals surface area contributed by atoms with Crippen LogP contribution in [0.1, 0.15) is 90.2 Å². The molecule has 44 heavy (non-hydrogen) atoms. The van der Waals surface area contributed by atoms with E-state index in [9.17, 15) is 0 Å². The van der Waals surface area contributed by atoms with Gasteiger partial charge in [0.1, 0.15) is 6.15 Å². The Hall–Kier alpha value is -3.10. The van der Waals surface area contributed by atoms with Crippen molar-refractivity contribution in [2.24, 2.45) is 0 Å². The van der Waals surface area contributed by atoms with Gasteiger partial charge >= 0.3 is 0 Å². The van der Waals surface area contributed by atoms with Gasteiger partial charge in [-0.15, -0.1) is 0 Å². The van der Waals surface area contributed by atoms with E-state index in [1.54, 1.807) is 0 Å². The molecule has 4 rings (SSSR count). The van der Waals surface area contributed by atoms with Crippen LogP contribution in [0, 0.1) is 13.8 Å². The molecule has 0 aliphatic heterocycles. The number of aryl methyl sites for hydroxylation is 1. The molecule has 0 saturated heterocycles. The third kappa shape index (κ3) is 8.98. The van der Waals surface area contributed by atoms with Crippen molar-refractivity contribution in [2.45, 2.75) is 92.9 Å². The van der Waals surface area contributed by atoms with Crippen molar-refractivity contribution in [2.75, 3.05) is 26.2 Å². The Bertz CT molecular complexity index is 1180. The summed E-state index contributed by atoms with van der Waals surface area (Å²) >= 11 is 0. The SMILES string of the molecule is CCCC[N+](CCCC)(CCCC)CCCC.Cc1cccc([B-](c2ccccc2)(c2ccccc2)c2ccccc2)c1C. The number of hydrogen-bond acceptors (Lipinski definition) is 0. The van der Waals surface area contributed by atoms with E-state index in [0.29, 0.717) is 0 Å². The molecule has 0 atom stereocenters. The smallest absolute Gasteiger partial charge is 0.108 e. The fourth-order valence-corrected chi connectivity index (χ4v) is 7.23. The van der Waals surface area contributed by atoms with E-state index < -0.39 is 6.15 Å². The molecule has 2 heteroatoms. The maximum atomic E-state index is 2.33. The average molecular weight is 590 g/mol. The van der Waals surface area contributed by atoms with Crippen LogP contribution in [0.5, 0.6) is 0 Å². The Morgan fingerprint density at radius 2 is 0.773 bits per heavy atom. The maximum Gasteiger partial charge on any atom is 0.108 e. The highest BCUT2D eigenvalue weighted by Gasteiger charge is 2.32. The molecule has 1 nitrogen and oxygen atoms in total. The molecule has 4 aromatic carbocycles. The number of hydrogen-bond donors (Lipinski definition) is 0. The van der Waals surface area contributed by atoms with Crippen molar-refractivity contribution >= 4 is 28.0 Å².